The van der Waals surface area contributed by atoms with Crippen molar-refractivity contribution in [2.45, 2.75) is 60.5 Å². The van der Waals surface area contributed by atoms with E-state index in [0.29, 0.717) is 12.6 Å². The number of nitrogens with zero attached hydrogens (tertiary/aromatic N) is 1. The summed E-state index contributed by atoms with van der Waals surface area (Å²) in [7, 11) is 2.01. The molecule has 3 heteroatoms. The molecule has 0 unspecified atom stereocenters. The van der Waals surface area contributed by atoms with Crippen LogP contribution in [0.5, 0.6) is 0 Å². The second-order valence-corrected chi connectivity index (χ2v) is 7.59. The largest absolute Gasteiger partial charge is 0.348 e. The van der Waals surface area contributed by atoms with E-state index in [2.05, 4.69) is 70.0 Å². The van der Waals surface area contributed by atoms with Crippen molar-refractivity contribution in [2.75, 3.05) is 13.6 Å². The maximum Gasteiger partial charge on any atom is 0.234 e. The molecule has 0 radical (unpaired) electrons. The van der Waals surface area contributed by atoms with Crippen LogP contribution in [-0.4, -0.2) is 30.4 Å². The first-order valence-corrected chi connectivity index (χ1v) is 8.09. The lowest BCUT2D eigenvalue weighted by atomic mass is 9.87. The summed E-state index contributed by atoms with van der Waals surface area (Å²) in [4.78, 5) is 14.4. The van der Waals surface area contributed by atoms with Crippen LogP contribution < -0.4 is 5.32 Å². The maximum absolute atomic E-state index is 12.3. The molecule has 0 aliphatic rings. The van der Waals surface area contributed by atoms with Gasteiger partial charge in [0, 0.05) is 6.04 Å². The van der Waals surface area contributed by atoms with E-state index in [1.165, 1.54) is 11.1 Å². The molecule has 0 aliphatic heterocycles. The topological polar surface area (TPSA) is 32.3 Å². The van der Waals surface area contributed by atoms with Crippen molar-refractivity contribution in [1.29, 1.82) is 0 Å². The Morgan fingerprint density at radius 2 is 1.77 bits per heavy atom. The van der Waals surface area contributed by atoms with E-state index in [0.717, 1.165) is 5.56 Å². The van der Waals surface area contributed by atoms with Gasteiger partial charge in [0.15, 0.2) is 0 Å². The Morgan fingerprint density at radius 3 is 2.27 bits per heavy atom. The highest BCUT2D eigenvalue weighted by molar-refractivity contribution is 5.78. The number of hydrogen-bond donors (Lipinski definition) is 1. The summed E-state index contributed by atoms with van der Waals surface area (Å²) >= 11 is 0. The molecule has 1 amide bonds. The van der Waals surface area contributed by atoms with Gasteiger partial charge < -0.3 is 5.32 Å². The quantitative estimate of drug-likeness (QED) is 0.896. The molecule has 0 fully saturated rings. The van der Waals surface area contributed by atoms with Gasteiger partial charge in [0.25, 0.3) is 0 Å². The standard InChI is InChI=1S/C19H32N2O/c1-13-9-10-17(11-14(13)2)15(3)20-18(22)12-21(8)16(4)19(5,6)7/h9-11,15-16H,12H2,1-8H3,(H,20,22)/t15-,16-/m1/s1. The van der Waals surface area contributed by atoms with Gasteiger partial charge in [-0.05, 0) is 56.8 Å². The Hall–Kier alpha value is -1.35. The molecule has 0 bridgehead atoms. The molecule has 0 saturated heterocycles. The number of aryl methyl sites for hydroxylation is 2. The average molecular weight is 304 g/mol. The van der Waals surface area contributed by atoms with E-state index in [4.69, 9.17) is 0 Å². The Labute approximate surface area is 136 Å². The molecular formula is C19H32N2O. The van der Waals surface area contributed by atoms with Crippen molar-refractivity contribution in [3.8, 4) is 0 Å². The third-order valence-corrected chi connectivity index (χ3v) is 4.72. The molecule has 1 aromatic rings. The predicted octanol–water partition coefficient (Wildman–Crippen LogP) is 3.85. The number of carbonyl (C=O) groups excluding carboxylic acids is 1. The lowest BCUT2D eigenvalue weighted by Gasteiger charge is -2.35. The van der Waals surface area contributed by atoms with Crippen molar-refractivity contribution in [3.05, 3.63) is 34.9 Å². The van der Waals surface area contributed by atoms with Crippen LogP contribution in [0.1, 0.15) is 57.4 Å². The zero-order valence-corrected chi connectivity index (χ0v) is 15.4. The monoisotopic (exact) mass is 304 g/mol. The van der Waals surface area contributed by atoms with Crippen molar-refractivity contribution in [1.82, 2.24) is 10.2 Å². The van der Waals surface area contributed by atoms with Crippen LogP contribution in [0.25, 0.3) is 0 Å². The minimum absolute atomic E-state index is 0.0325. The van der Waals surface area contributed by atoms with Crippen molar-refractivity contribution >= 4 is 5.91 Å². The van der Waals surface area contributed by atoms with E-state index in [1.54, 1.807) is 0 Å². The van der Waals surface area contributed by atoms with Gasteiger partial charge in [-0.2, -0.15) is 0 Å². The Bertz CT molecular complexity index is 517. The molecule has 1 aromatic carbocycles. The van der Waals surface area contributed by atoms with Gasteiger partial charge in [0.1, 0.15) is 0 Å². The SMILES string of the molecule is Cc1ccc([C@@H](C)NC(=O)CN(C)[C@H](C)C(C)(C)C)cc1C. The Kier molecular flexibility index (Phi) is 6.18. The van der Waals surface area contributed by atoms with Gasteiger partial charge in [-0.3, -0.25) is 9.69 Å². The first-order valence-electron chi connectivity index (χ1n) is 8.09. The van der Waals surface area contributed by atoms with Crippen LogP contribution in [-0.2, 0) is 4.79 Å². The lowest BCUT2D eigenvalue weighted by molar-refractivity contribution is -0.123. The molecule has 3 nitrogen and oxygen atoms in total. The highest BCUT2D eigenvalue weighted by Gasteiger charge is 2.25. The minimum Gasteiger partial charge on any atom is -0.348 e. The maximum atomic E-state index is 12.3. The summed E-state index contributed by atoms with van der Waals surface area (Å²) in [5.74, 6) is 0.0735. The molecule has 1 rings (SSSR count). The molecule has 124 valence electrons. The van der Waals surface area contributed by atoms with Crippen molar-refractivity contribution < 1.29 is 4.79 Å². The van der Waals surface area contributed by atoms with E-state index in [-0.39, 0.29) is 17.4 Å². The first kappa shape index (κ1) is 18.7. The second-order valence-electron chi connectivity index (χ2n) is 7.59. The highest BCUT2D eigenvalue weighted by Crippen LogP contribution is 2.23. The van der Waals surface area contributed by atoms with Crippen LogP contribution in [0, 0.1) is 19.3 Å². The average Bonchev–Trinajstić information content (AvgIpc) is 2.39. The molecule has 0 aliphatic carbocycles. The zero-order chi connectivity index (χ0) is 17.1. The summed E-state index contributed by atoms with van der Waals surface area (Å²) in [5.41, 5.74) is 3.86. The number of rotatable bonds is 5. The fraction of sp³-hybridized carbons (Fsp3) is 0.632. The number of benzene rings is 1. The smallest absolute Gasteiger partial charge is 0.234 e. The molecule has 0 heterocycles. The van der Waals surface area contributed by atoms with Crippen molar-refractivity contribution in [3.63, 3.8) is 0 Å². The summed E-state index contributed by atoms with van der Waals surface area (Å²) in [6.45, 7) is 15.4. The molecule has 1 N–H and O–H groups in total. The third-order valence-electron chi connectivity index (χ3n) is 4.72. The number of amides is 1. The summed E-state index contributed by atoms with van der Waals surface area (Å²) in [5, 5.41) is 3.10. The van der Waals surface area contributed by atoms with Crippen LogP contribution in [0.4, 0.5) is 0 Å². The predicted molar refractivity (Wildman–Crippen MR) is 94.0 cm³/mol. The van der Waals surface area contributed by atoms with E-state index < -0.39 is 0 Å². The van der Waals surface area contributed by atoms with E-state index >= 15 is 0 Å². The van der Waals surface area contributed by atoms with Gasteiger partial charge in [-0.25, -0.2) is 0 Å². The fourth-order valence-electron chi connectivity index (χ4n) is 2.43. The molecular weight excluding hydrogens is 272 g/mol. The summed E-state index contributed by atoms with van der Waals surface area (Å²) in [6, 6.07) is 6.73. The molecule has 0 aromatic heterocycles. The van der Waals surface area contributed by atoms with Gasteiger partial charge in [0.2, 0.25) is 5.91 Å². The first-order chi connectivity index (χ1) is 10.0. The third kappa shape index (κ3) is 5.13. The number of nitrogens with one attached hydrogen (secondary N) is 1. The van der Waals surface area contributed by atoms with Crippen LogP contribution >= 0.6 is 0 Å². The Morgan fingerprint density at radius 1 is 1.18 bits per heavy atom. The normalized spacial score (nSPS) is 14.8. The molecule has 22 heavy (non-hydrogen) atoms. The van der Waals surface area contributed by atoms with Crippen LogP contribution in [0.2, 0.25) is 0 Å². The van der Waals surface area contributed by atoms with Gasteiger partial charge in [0.05, 0.1) is 12.6 Å². The van der Waals surface area contributed by atoms with Gasteiger partial charge in [-0.1, -0.05) is 39.0 Å². The van der Waals surface area contributed by atoms with E-state index in [1.807, 2.05) is 14.0 Å². The molecule has 0 saturated carbocycles. The molecule has 0 spiro atoms. The van der Waals surface area contributed by atoms with Gasteiger partial charge in [-0.15, -0.1) is 0 Å². The lowest BCUT2D eigenvalue weighted by Crippen LogP contribution is -2.45. The Balaban J connectivity index is 2.62. The number of hydrogen-bond acceptors (Lipinski definition) is 2. The van der Waals surface area contributed by atoms with Crippen molar-refractivity contribution in [2.24, 2.45) is 5.41 Å². The summed E-state index contributed by atoms with van der Waals surface area (Å²) in [6.07, 6.45) is 0. The zero-order valence-electron chi connectivity index (χ0n) is 15.4. The number of carbonyl (C=O) groups is 1. The second kappa shape index (κ2) is 7.28. The van der Waals surface area contributed by atoms with Crippen LogP contribution in [0.15, 0.2) is 18.2 Å². The fourth-order valence-corrected chi connectivity index (χ4v) is 2.43. The summed E-state index contributed by atoms with van der Waals surface area (Å²) < 4.78 is 0. The highest BCUT2D eigenvalue weighted by atomic mass is 16.2. The minimum atomic E-state index is 0.0325. The van der Waals surface area contributed by atoms with Crippen LogP contribution in [0.3, 0.4) is 0 Å². The number of likely N-dealkylation sites (N-methyl/N-ethyl adjacent to an activating group) is 1. The van der Waals surface area contributed by atoms with Gasteiger partial charge >= 0.3 is 0 Å². The molecule has 2 atom stereocenters. The van der Waals surface area contributed by atoms with E-state index in [9.17, 15) is 4.79 Å².